The number of nitrogens with zero attached hydrogens (tertiary/aromatic N) is 3. The number of piperazine rings is 1. The monoisotopic (exact) mass is 370 g/mol. The number of urea groups is 1. The van der Waals surface area contributed by atoms with Crippen LogP contribution < -0.4 is 10.2 Å². The second-order valence-electron chi connectivity index (χ2n) is 7.19. The molecule has 2 amide bonds. The summed E-state index contributed by atoms with van der Waals surface area (Å²) in [5.41, 5.74) is -0.749. The molecular weight excluding hydrogens is 345 g/mol. The number of rotatable bonds is 2. The van der Waals surface area contributed by atoms with Crippen LogP contribution >= 0.6 is 0 Å². The van der Waals surface area contributed by atoms with Crippen molar-refractivity contribution in [2.75, 3.05) is 31.1 Å². The highest BCUT2D eigenvalue weighted by atomic mass is 19.4. The quantitative estimate of drug-likeness (QED) is 0.867. The first-order chi connectivity index (χ1) is 12.3. The summed E-state index contributed by atoms with van der Waals surface area (Å²) in [6.07, 6.45) is 1.05. The molecule has 0 radical (unpaired) electrons. The van der Waals surface area contributed by atoms with Crippen LogP contribution in [0.4, 0.5) is 23.8 Å². The molecule has 3 rings (SSSR count). The fourth-order valence-electron chi connectivity index (χ4n) is 3.66. The number of anilines is 1. The number of carbonyl (C=O) groups is 1. The predicted octanol–water partition coefficient (Wildman–Crippen LogP) is 3.51. The molecule has 26 heavy (non-hydrogen) atoms. The summed E-state index contributed by atoms with van der Waals surface area (Å²) >= 11 is 0. The van der Waals surface area contributed by atoms with Crippen molar-refractivity contribution in [2.45, 2.75) is 44.8 Å². The van der Waals surface area contributed by atoms with Gasteiger partial charge in [0.2, 0.25) is 0 Å². The SMILES string of the molecule is C[C@H]1CCCC[C@@H]1NC(=O)N1CCN(c2ccc(C(F)(F)F)cn2)CC1. The Labute approximate surface area is 151 Å². The van der Waals surface area contributed by atoms with Crippen LogP contribution in [0.2, 0.25) is 0 Å². The van der Waals surface area contributed by atoms with Gasteiger partial charge in [0.15, 0.2) is 0 Å². The molecule has 1 saturated heterocycles. The van der Waals surface area contributed by atoms with E-state index < -0.39 is 11.7 Å². The lowest BCUT2D eigenvalue weighted by Crippen LogP contribution is -2.54. The third-order valence-corrected chi connectivity index (χ3v) is 5.39. The Bertz CT molecular complexity index is 612. The summed E-state index contributed by atoms with van der Waals surface area (Å²) in [5.74, 6) is 1.02. The fourth-order valence-corrected chi connectivity index (χ4v) is 3.66. The molecule has 1 aromatic rings. The van der Waals surface area contributed by atoms with E-state index in [1.807, 2.05) is 4.90 Å². The smallest absolute Gasteiger partial charge is 0.353 e. The van der Waals surface area contributed by atoms with Crippen molar-refractivity contribution in [3.63, 3.8) is 0 Å². The van der Waals surface area contributed by atoms with Gasteiger partial charge in [-0.3, -0.25) is 0 Å². The topological polar surface area (TPSA) is 48.5 Å². The lowest BCUT2D eigenvalue weighted by molar-refractivity contribution is -0.137. The van der Waals surface area contributed by atoms with E-state index in [-0.39, 0.29) is 12.1 Å². The Hall–Kier alpha value is -1.99. The molecular formula is C18H25F3N4O. The van der Waals surface area contributed by atoms with E-state index >= 15 is 0 Å². The summed E-state index contributed by atoms with van der Waals surface area (Å²) < 4.78 is 37.9. The van der Waals surface area contributed by atoms with Crippen molar-refractivity contribution in [2.24, 2.45) is 5.92 Å². The Balaban J connectivity index is 1.51. The molecule has 144 valence electrons. The van der Waals surface area contributed by atoms with Crippen molar-refractivity contribution in [1.29, 1.82) is 0 Å². The minimum atomic E-state index is -4.38. The van der Waals surface area contributed by atoms with Gasteiger partial charge >= 0.3 is 12.2 Å². The molecule has 5 nitrogen and oxygen atoms in total. The molecule has 2 atom stereocenters. The number of alkyl halides is 3. The zero-order valence-corrected chi connectivity index (χ0v) is 14.9. The molecule has 2 fully saturated rings. The third-order valence-electron chi connectivity index (χ3n) is 5.39. The van der Waals surface area contributed by atoms with Gasteiger partial charge in [-0.25, -0.2) is 9.78 Å². The van der Waals surface area contributed by atoms with Crippen LogP contribution in [0, 0.1) is 5.92 Å². The lowest BCUT2D eigenvalue weighted by atomic mass is 9.86. The number of carbonyl (C=O) groups excluding carboxylic acids is 1. The van der Waals surface area contributed by atoms with E-state index in [2.05, 4.69) is 17.2 Å². The van der Waals surface area contributed by atoms with Crippen LogP contribution in [0.25, 0.3) is 0 Å². The van der Waals surface area contributed by atoms with E-state index in [9.17, 15) is 18.0 Å². The minimum Gasteiger partial charge on any atom is -0.353 e. The maximum atomic E-state index is 12.6. The first-order valence-electron chi connectivity index (χ1n) is 9.18. The Morgan fingerprint density at radius 2 is 1.85 bits per heavy atom. The molecule has 1 saturated carbocycles. The van der Waals surface area contributed by atoms with E-state index in [0.29, 0.717) is 37.9 Å². The van der Waals surface area contributed by atoms with Gasteiger partial charge < -0.3 is 15.1 Å². The zero-order valence-electron chi connectivity index (χ0n) is 14.9. The molecule has 1 aliphatic carbocycles. The highest BCUT2D eigenvalue weighted by Crippen LogP contribution is 2.29. The normalized spacial score (nSPS) is 24.5. The van der Waals surface area contributed by atoms with Gasteiger partial charge in [0, 0.05) is 38.4 Å². The summed E-state index contributed by atoms with van der Waals surface area (Å²) in [6, 6.07) is 2.64. The molecule has 0 unspecified atom stereocenters. The summed E-state index contributed by atoms with van der Waals surface area (Å²) in [6.45, 7) is 4.38. The first-order valence-corrected chi connectivity index (χ1v) is 9.18. The molecule has 0 bridgehead atoms. The van der Waals surface area contributed by atoms with Crippen LogP contribution in [0.1, 0.15) is 38.2 Å². The van der Waals surface area contributed by atoms with Crippen molar-refractivity contribution < 1.29 is 18.0 Å². The molecule has 2 heterocycles. The Morgan fingerprint density at radius 1 is 1.15 bits per heavy atom. The molecule has 1 aromatic heterocycles. The largest absolute Gasteiger partial charge is 0.417 e. The predicted molar refractivity (Wildman–Crippen MR) is 93.0 cm³/mol. The molecule has 1 aliphatic heterocycles. The van der Waals surface area contributed by atoms with Crippen LogP contribution in [0.3, 0.4) is 0 Å². The zero-order chi connectivity index (χ0) is 18.7. The maximum absolute atomic E-state index is 12.6. The summed E-state index contributed by atoms with van der Waals surface area (Å²) in [7, 11) is 0. The van der Waals surface area contributed by atoms with Gasteiger partial charge in [0.05, 0.1) is 5.56 Å². The number of halogens is 3. The van der Waals surface area contributed by atoms with E-state index in [1.165, 1.54) is 12.5 Å². The van der Waals surface area contributed by atoms with Gasteiger partial charge in [-0.05, 0) is 30.9 Å². The average molecular weight is 370 g/mol. The third kappa shape index (κ3) is 4.40. The van der Waals surface area contributed by atoms with Crippen LogP contribution in [0.15, 0.2) is 18.3 Å². The van der Waals surface area contributed by atoms with E-state index in [4.69, 9.17) is 0 Å². The highest BCUT2D eigenvalue weighted by molar-refractivity contribution is 5.75. The summed E-state index contributed by atoms with van der Waals surface area (Å²) in [4.78, 5) is 20.1. The minimum absolute atomic E-state index is 0.0382. The molecule has 1 N–H and O–H groups in total. The molecule has 8 heteroatoms. The van der Waals surface area contributed by atoms with Gasteiger partial charge in [0.25, 0.3) is 0 Å². The highest BCUT2D eigenvalue weighted by Gasteiger charge is 2.31. The van der Waals surface area contributed by atoms with Crippen molar-refractivity contribution >= 4 is 11.8 Å². The number of aromatic nitrogens is 1. The van der Waals surface area contributed by atoms with Crippen molar-refractivity contribution in [1.82, 2.24) is 15.2 Å². The average Bonchev–Trinajstić information content (AvgIpc) is 2.63. The number of hydrogen-bond acceptors (Lipinski definition) is 3. The lowest BCUT2D eigenvalue weighted by Gasteiger charge is -2.37. The molecule has 2 aliphatic rings. The first kappa shape index (κ1) is 18.8. The van der Waals surface area contributed by atoms with Crippen molar-refractivity contribution in [3.8, 4) is 0 Å². The van der Waals surface area contributed by atoms with Gasteiger partial charge in [-0.15, -0.1) is 0 Å². The number of amides is 2. The number of hydrogen-bond donors (Lipinski definition) is 1. The second kappa shape index (κ2) is 7.72. The maximum Gasteiger partial charge on any atom is 0.417 e. The van der Waals surface area contributed by atoms with Gasteiger partial charge in [0.1, 0.15) is 5.82 Å². The number of nitrogens with one attached hydrogen (secondary N) is 1. The Morgan fingerprint density at radius 3 is 2.42 bits per heavy atom. The standard InChI is InChI=1S/C18H25F3N4O/c1-13-4-2-3-5-15(13)23-17(26)25-10-8-24(9-11-25)16-7-6-14(12-22-16)18(19,20)21/h6-7,12-13,15H,2-5,8-11H2,1H3,(H,23,26)/t13-,15-/m0/s1. The van der Waals surface area contributed by atoms with Crippen LogP contribution in [0.5, 0.6) is 0 Å². The second-order valence-corrected chi connectivity index (χ2v) is 7.19. The summed E-state index contributed by atoms with van der Waals surface area (Å²) in [5, 5.41) is 3.14. The molecule has 0 aromatic carbocycles. The van der Waals surface area contributed by atoms with Crippen molar-refractivity contribution in [3.05, 3.63) is 23.9 Å². The Kier molecular flexibility index (Phi) is 5.58. The van der Waals surface area contributed by atoms with Crippen LogP contribution in [-0.2, 0) is 6.18 Å². The van der Waals surface area contributed by atoms with Gasteiger partial charge in [-0.2, -0.15) is 13.2 Å². The number of pyridine rings is 1. The fraction of sp³-hybridized carbons (Fsp3) is 0.667. The van der Waals surface area contributed by atoms with Crippen LogP contribution in [-0.4, -0.2) is 48.1 Å². The van der Waals surface area contributed by atoms with E-state index in [1.54, 1.807) is 4.90 Å². The van der Waals surface area contributed by atoms with Gasteiger partial charge in [-0.1, -0.05) is 19.8 Å². The molecule has 0 spiro atoms. The van der Waals surface area contributed by atoms with E-state index in [0.717, 1.165) is 31.5 Å².